The van der Waals surface area contributed by atoms with Crippen LogP contribution < -0.4 is 18.9 Å². The van der Waals surface area contributed by atoms with E-state index in [9.17, 15) is 8.42 Å². The normalized spacial score (nSPS) is 13.4. The molecule has 0 aliphatic heterocycles. The highest BCUT2D eigenvalue weighted by molar-refractivity contribution is 9.09. The van der Waals surface area contributed by atoms with Crippen molar-refractivity contribution in [3.05, 3.63) is 300 Å². The van der Waals surface area contributed by atoms with E-state index in [1.54, 1.807) is 52.7 Å². The van der Waals surface area contributed by atoms with Gasteiger partial charge in [0.1, 0.15) is 23.0 Å². The van der Waals surface area contributed by atoms with E-state index in [1.807, 2.05) is 36.4 Å². The van der Waals surface area contributed by atoms with E-state index in [0.717, 1.165) is 180 Å². The van der Waals surface area contributed by atoms with E-state index < -0.39 is 26.7 Å². The molecule has 8 nitrogen and oxygen atoms in total. The van der Waals surface area contributed by atoms with Gasteiger partial charge in [0, 0.05) is 38.0 Å². The SMILES string of the molecule is CC(C)=CCC/C(C)=C/CC/C(C)=C/CC/C(C)=C/CC/C(C)=C/Cc1ccccc1.COc1c(C)c(C/C=C(\C)CC/C=C(\C)CBr)c(OC)c2ccccc12.COc1c(C)c(C/C=C(\C)CC/C=C(\C)CC(/C=C(\C)CC/C=C(\C)CC/C=C(\C)CC/C=C(\C)CCC=C(C)C)S(=O)(=O)c2ccccc2)c(OC)c2ccccc12.O=S=O. The Kier molecular flexibility index (Phi) is 53.0. The zero-order valence-corrected chi connectivity index (χ0v) is 80.4. The van der Waals surface area contributed by atoms with E-state index in [0.29, 0.717) is 11.3 Å². The third kappa shape index (κ3) is 41.7. The zero-order valence-electron chi connectivity index (χ0n) is 77.2. The summed E-state index contributed by atoms with van der Waals surface area (Å²) in [4.78, 5) is 0.376. The van der Waals surface area contributed by atoms with Crippen molar-refractivity contribution in [2.24, 2.45) is 0 Å². The maximum absolute atomic E-state index is 14.0. The number of fused-ring (bicyclic) bond motifs is 2. The van der Waals surface area contributed by atoms with Crippen LogP contribution >= 0.6 is 15.9 Å². The fourth-order valence-corrected chi connectivity index (χ4v) is 16.4. The van der Waals surface area contributed by atoms with Gasteiger partial charge in [-0.15, -0.1) is 0 Å². The molecule has 0 aliphatic rings. The fourth-order valence-electron chi connectivity index (χ4n) is 14.4. The molecule has 0 fully saturated rings. The summed E-state index contributed by atoms with van der Waals surface area (Å²) in [5.41, 5.74) is 25.5. The Bertz CT molecular complexity index is 4700. The largest absolute Gasteiger partial charge is 0.496 e. The van der Waals surface area contributed by atoms with Crippen LogP contribution in [-0.2, 0) is 40.7 Å². The first-order chi connectivity index (χ1) is 57.0. The Labute approximate surface area is 735 Å². The maximum atomic E-state index is 14.0. The molecule has 0 bridgehead atoms. The molecule has 6 aromatic rings. The minimum Gasteiger partial charge on any atom is -0.496 e. The van der Waals surface area contributed by atoms with Crippen LogP contribution in [0.3, 0.4) is 0 Å². The molecule has 1 unspecified atom stereocenters. The highest BCUT2D eigenvalue weighted by Crippen LogP contribution is 2.43. The first-order valence-corrected chi connectivity index (χ1v) is 46.5. The van der Waals surface area contributed by atoms with Crippen molar-refractivity contribution >= 4 is 58.9 Å². The molecule has 11 heteroatoms. The Balaban J connectivity index is 0.000000507. The lowest BCUT2D eigenvalue weighted by Gasteiger charge is -2.18. The second-order valence-electron chi connectivity index (χ2n) is 32.8. The Morgan fingerprint density at radius 3 is 0.882 bits per heavy atom. The van der Waals surface area contributed by atoms with Gasteiger partial charge in [-0.1, -0.05) is 276 Å². The van der Waals surface area contributed by atoms with Crippen LogP contribution in [-0.4, -0.2) is 55.9 Å². The molecule has 0 saturated heterocycles. The van der Waals surface area contributed by atoms with Crippen LogP contribution in [0.2, 0.25) is 0 Å². The van der Waals surface area contributed by atoms with Crippen LogP contribution in [0.25, 0.3) is 21.5 Å². The second kappa shape index (κ2) is 60.2. The van der Waals surface area contributed by atoms with E-state index in [2.05, 4.69) is 274 Å². The average Bonchev–Trinajstić information content (AvgIpc) is 0.774. The topological polar surface area (TPSA) is 105 Å². The van der Waals surface area contributed by atoms with Gasteiger partial charge >= 0.3 is 11.6 Å². The van der Waals surface area contributed by atoms with Crippen molar-refractivity contribution in [3.63, 3.8) is 0 Å². The number of hydrogen-bond donors (Lipinski definition) is 0. The van der Waals surface area contributed by atoms with Crippen LogP contribution in [0.1, 0.15) is 273 Å². The molecule has 0 heterocycles. The average molecular weight is 1720 g/mol. The Hall–Kier alpha value is -8.35. The standard InChI is InChI=1S/C54H74O4S.C31H46.C23H29BrO2.O2S/c1-40(2)22-17-23-41(3)24-18-25-42(4)26-19-27-43(5)28-20-30-45(7)38-49(59(55,56)48-32-13-12-14-33-48)39-46(8)31-21-29-44(6)36-37-50-47(9)53(57-10)51-34-15-16-35-52(51)54(50)58-11;1-26(2)14-10-15-27(3)16-11-17-28(4)18-12-19-29(5)20-13-21-30(6)24-25-31-22-8-7-9-23-31;1-16(9-8-10-17(2)15-24)13-14-19-18(3)22(25-4)20-11-6-7-12-21(20)23(19)26-5;1-3-2/h12-16,22,24,26,28,31-36,38,49H,17-21,23,25,27,29-30,37,39H2,1-11H3;7-9,14,16,18,20,22-24H,10-13,15,17,19,21,25H2,1-6H3;6-7,10-13H,8-9,14-15H2,1-5H3;/b41-24+,42-26+,43-28+,44-36+,45-38+,46-31+;27-16+,28-18+,29-20+,30-24+;16-13+,17-10+;. The first-order valence-electron chi connectivity index (χ1n) is 43.2. The number of benzene rings is 6. The lowest BCUT2D eigenvalue weighted by atomic mass is 9.95. The van der Waals surface area contributed by atoms with Gasteiger partial charge in [0.25, 0.3) is 0 Å². The molecule has 0 saturated carbocycles. The van der Waals surface area contributed by atoms with Gasteiger partial charge in [0.15, 0.2) is 9.84 Å². The lowest BCUT2D eigenvalue weighted by molar-refractivity contribution is 0.404. The van der Waals surface area contributed by atoms with Crippen LogP contribution in [0, 0.1) is 13.8 Å². The van der Waals surface area contributed by atoms with Crippen molar-refractivity contribution in [2.75, 3.05) is 33.8 Å². The van der Waals surface area contributed by atoms with Gasteiger partial charge in [0.05, 0.1) is 38.6 Å². The predicted octanol–water partition coefficient (Wildman–Crippen LogP) is 31.7. The molecule has 119 heavy (non-hydrogen) atoms. The third-order valence-electron chi connectivity index (χ3n) is 21.7. The molecule has 0 aromatic heterocycles. The predicted molar refractivity (Wildman–Crippen MR) is 522 cm³/mol. The number of ether oxygens (including phenoxy) is 4. The van der Waals surface area contributed by atoms with Gasteiger partial charge < -0.3 is 18.9 Å². The summed E-state index contributed by atoms with van der Waals surface area (Å²) in [5.74, 6) is 3.69. The molecule has 0 aliphatic carbocycles. The molecule has 0 amide bonds. The summed E-state index contributed by atoms with van der Waals surface area (Å²) < 4.78 is 67.9. The molecule has 1 atom stereocenters. The van der Waals surface area contributed by atoms with E-state index >= 15 is 0 Å². The summed E-state index contributed by atoms with van der Waals surface area (Å²) >= 11 is 2.74. The number of rotatable bonds is 46. The number of sulfone groups is 1. The number of halogens is 1. The number of allylic oxidation sites excluding steroid dienone is 27. The smallest absolute Gasteiger partial charge is 0.335 e. The van der Waals surface area contributed by atoms with Gasteiger partial charge in [-0.3, -0.25) is 0 Å². The molecule has 648 valence electrons. The number of methoxy groups -OCH3 is 4. The fraction of sp³-hybridized carbons (Fsp3) is 0.444. The molecule has 6 aromatic carbocycles. The van der Waals surface area contributed by atoms with Crippen LogP contribution in [0.4, 0.5) is 0 Å². The van der Waals surface area contributed by atoms with Crippen molar-refractivity contribution in [3.8, 4) is 23.0 Å². The third-order valence-corrected chi connectivity index (χ3v) is 24.6. The van der Waals surface area contributed by atoms with Crippen molar-refractivity contribution in [1.82, 2.24) is 0 Å². The van der Waals surface area contributed by atoms with Gasteiger partial charge in [0.2, 0.25) is 0 Å². The first kappa shape index (κ1) is 105. The summed E-state index contributed by atoms with van der Waals surface area (Å²) in [6, 6.07) is 36.1. The maximum Gasteiger partial charge on any atom is 0.335 e. The Morgan fingerprint density at radius 2 is 0.580 bits per heavy atom. The molecular formula is C108H149BrO8S2. The van der Waals surface area contributed by atoms with Crippen LogP contribution in [0.15, 0.2) is 277 Å². The van der Waals surface area contributed by atoms with Crippen LogP contribution in [0.5, 0.6) is 23.0 Å². The molecule has 6 rings (SSSR count). The summed E-state index contributed by atoms with van der Waals surface area (Å²) in [5, 5.41) is 4.64. The molecule has 0 radical (unpaired) electrons. The van der Waals surface area contributed by atoms with Crippen molar-refractivity contribution in [2.45, 2.75) is 289 Å². The highest BCUT2D eigenvalue weighted by Gasteiger charge is 2.26. The van der Waals surface area contributed by atoms with Crippen molar-refractivity contribution < 1.29 is 35.8 Å². The Morgan fingerprint density at radius 1 is 0.328 bits per heavy atom. The zero-order chi connectivity index (χ0) is 88.1. The molecule has 0 spiro atoms. The highest BCUT2D eigenvalue weighted by atomic mass is 79.9. The molecule has 0 N–H and O–H groups in total. The summed E-state index contributed by atoms with van der Waals surface area (Å²) in [6.07, 6.45) is 57.3. The lowest BCUT2D eigenvalue weighted by Crippen LogP contribution is -2.20. The second-order valence-corrected chi connectivity index (χ2v) is 35.7. The van der Waals surface area contributed by atoms with Gasteiger partial charge in [-0.25, -0.2) is 8.42 Å². The summed E-state index contributed by atoms with van der Waals surface area (Å²) in [7, 11) is 3.39. The van der Waals surface area contributed by atoms with E-state index in [4.69, 9.17) is 27.4 Å². The number of alkyl halides is 1. The minimum atomic E-state index is -3.56. The van der Waals surface area contributed by atoms with E-state index in [-0.39, 0.29) is 0 Å². The van der Waals surface area contributed by atoms with Gasteiger partial charge in [-0.05, 0) is 308 Å². The van der Waals surface area contributed by atoms with E-state index in [1.165, 1.54) is 123 Å². The summed E-state index contributed by atoms with van der Waals surface area (Å²) in [6.45, 7) is 39.4. The minimum absolute atomic E-state index is 0.376. The monoisotopic (exact) mass is 1720 g/mol. The number of hydrogen-bond acceptors (Lipinski definition) is 8. The molecular weight excluding hydrogens is 1570 g/mol. The van der Waals surface area contributed by atoms with Crippen molar-refractivity contribution in [1.29, 1.82) is 0 Å². The quantitative estimate of drug-likeness (QED) is 0.0275. The van der Waals surface area contributed by atoms with Gasteiger partial charge in [-0.2, -0.15) is 8.42 Å².